The number of anilines is 1. The molecule has 0 aromatic heterocycles. The van der Waals surface area contributed by atoms with E-state index in [0.717, 1.165) is 30.2 Å². The number of nitrogens with zero attached hydrogens (tertiary/aromatic N) is 1. The Morgan fingerprint density at radius 3 is 2.03 bits per heavy atom. The van der Waals surface area contributed by atoms with Gasteiger partial charge in [0.15, 0.2) is 13.2 Å². The number of benzene rings is 1. The number of carbonyl (C=O) groups excluding carboxylic acids is 2. The number of methoxy groups -OCH3 is 1. The number of alkyl halides is 6. The van der Waals surface area contributed by atoms with Crippen LogP contribution in [0.3, 0.4) is 0 Å². The Morgan fingerprint density at radius 1 is 1.06 bits per heavy atom. The lowest BCUT2D eigenvalue weighted by atomic mass is 10.2. The Morgan fingerprint density at radius 2 is 1.59 bits per heavy atom. The van der Waals surface area contributed by atoms with Gasteiger partial charge in [0.2, 0.25) is 0 Å². The van der Waals surface area contributed by atoms with E-state index in [4.69, 9.17) is 5.11 Å². The summed E-state index contributed by atoms with van der Waals surface area (Å²) in [6.45, 7) is -4.22. The third-order valence-electron chi connectivity index (χ3n) is 3.91. The first kappa shape index (κ1) is 25.1. The molecule has 32 heavy (non-hydrogen) atoms. The molecule has 0 radical (unpaired) electrons. The third-order valence-corrected chi connectivity index (χ3v) is 3.91. The molecule has 1 aliphatic heterocycles. The predicted molar refractivity (Wildman–Crippen MR) is 95.9 cm³/mol. The van der Waals surface area contributed by atoms with Crippen molar-refractivity contribution in [3.8, 4) is 11.5 Å². The molecule has 0 saturated heterocycles. The van der Waals surface area contributed by atoms with Gasteiger partial charge < -0.3 is 29.5 Å². The summed E-state index contributed by atoms with van der Waals surface area (Å²) < 4.78 is 88.6. The topological polar surface area (TPSA) is 97.3 Å². The van der Waals surface area contributed by atoms with Crippen LogP contribution in [0, 0.1) is 0 Å². The van der Waals surface area contributed by atoms with Crippen molar-refractivity contribution in [2.24, 2.45) is 0 Å². The summed E-state index contributed by atoms with van der Waals surface area (Å²) in [6.07, 6.45) is -9.44. The second kappa shape index (κ2) is 9.97. The van der Waals surface area contributed by atoms with E-state index in [-0.39, 0.29) is 30.0 Å². The molecule has 0 aliphatic carbocycles. The summed E-state index contributed by atoms with van der Waals surface area (Å²) >= 11 is 0. The highest BCUT2D eigenvalue weighted by Gasteiger charge is 2.35. The number of aliphatic hydroxyl groups is 1. The van der Waals surface area contributed by atoms with E-state index in [1.54, 1.807) is 0 Å². The van der Waals surface area contributed by atoms with E-state index in [0.29, 0.717) is 0 Å². The first-order chi connectivity index (χ1) is 14.8. The Labute approximate surface area is 177 Å². The van der Waals surface area contributed by atoms with Crippen molar-refractivity contribution in [1.82, 2.24) is 4.90 Å². The third kappa shape index (κ3) is 7.21. The summed E-state index contributed by atoms with van der Waals surface area (Å²) in [4.78, 5) is 25.6. The van der Waals surface area contributed by atoms with Crippen molar-refractivity contribution in [2.75, 3.05) is 45.3 Å². The largest absolute Gasteiger partial charge is 0.484 e. The van der Waals surface area contributed by atoms with Gasteiger partial charge in [-0.1, -0.05) is 0 Å². The molecule has 0 spiro atoms. The van der Waals surface area contributed by atoms with Gasteiger partial charge in [-0.2, -0.15) is 26.3 Å². The summed E-state index contributed by atoms with van der Waals surface area (Å²) in [7, 11) is 1.06. The van der Waals surface area contributed by atoms with E-state index < -0.39 is 55.5 Å². The van der Waals surface area contributed by atoms with Gasteiger partial charge >= 0.3 is 18.3 Å². The molecule has 1 aromatic rings. The van der Waals surface area contributed by atoms with Crippen molar-refractivity contribution in [3.05, 3.63) is 29.5 Å². The number of β-amino-alcohol motifs (C(OH)–C–C–N with tert-alkyl or cyclic N) is 1. The molecule has 1 heterocycles. The minimum atomic E-state index is -4.72. The van der Waals surface area contributed by atoms with Crippen LogP contribution in [0.15, 0.2) is 29.5 Å². The zero-order valence-electron chi connectivity index (χ0n) is 16.5. The van der Waals surface area contributed by atoms with Gasteiger partial charge in [0.1, 0.15) is 17.2 Å². The van der Waals surface area contributed by atoms with Crippen LogP contribution in [0.5, 0.6) is 11.5 Å². The molecule has 0 bridgehead atoms. The molecule has 0 atom stereocenters. The average molecular weight is 472 g/mol. The standard InChI is InChI=1S/C18H18F6N2O6/c1-30-16(29)13-7-26(2-3-27)15(28)14(13)25-10-4-11(31-8-17(19,20)21)6-12(5-10)32-9-18(22,23)24/h4-6,25,27H,2-3,7-9H2,1H3. The van der Waals surface area contributed by atoms with E-state index in [1.165, 1.54) is 0 Å². The number of ether oxygens (including phenoxy) is 3. The number of esters is 1. The number of rotatable bonds is 9. The lowest BCUT2D eigenvalue weighted by Crippen LogP contribution is -2.31. The first-order valence-corrected chi connectivity index (χ1v) is 8.86. The van der Waals surface area contributed by atoms with Gasteiger partial charge in [-0.3, -0.25) is 4.79 Å². The molecule has 0 saturated carbocycles. The van der Waals surface area contributed by atoms with Crippen molar-refractivity contribution < 1.29 is 55.2 Å². The van der Waals surface area contributed by atoms with E-state index in [2.05, 4.69) is 19.5 Å². The Bertz CT molecular complexity index is 847. The van der Waals surface area contributed by atoms with Crippen molar-refractivity contribution in [2.45, 2.75) is 12.4 Å². The number of carbonyl (C=O) groups is 2. The van der Waals surface area contributed by atoms with Gasteiger partial charge in [0.05, 0.1) is 25.8 Å². The quantitative estimate of drug-likeness (QED) is 0.420. The number of halogens is 6. The van der Waals surface area contributed by atoms with Gasteiger partial charge in [-0.15, -0.1) is 0 Å². The number of nitrogens with one attached hydrogen (secondary N) is 1. The Kier molecular flexibility index (Phi) is 7.83. The highest BCUT2D eigenvalue weighted by molar-refractivity contribution is 6.08. The second-order valence-electron chi connectivity index (χ2n) is 6.42. The predicted octanol–water partition coefficient (Wildman–Crippen LogP) is 2.24. The number of amides is 1. The van der Waals surface area contributed by atoms with Crippen molar-refractivity contribution in [3.63, 3.8) is 0 Å². The first-order valence-electron chi connectivity index (χ1n) is 8.86. The van der Waals surface area contributed by atoms with Crippen LogP contribution in [-0.4, -0.2) is 74.3 Å². The fraction of sp³-hybridized carbons (Fsp3) is 0.444. The van der Waals surface area contributed by atoms with Gasteiger partial charge in [-0.05, 0) is 0 Å². The zero-order valence-corrected chi connectivity index (χ0v) is 16.5. The van der Waals surface area contributed by atoms with Gasteiger partial charge in [0.25, 0.3) is 5.91 Å². The van der Waals surface area contributed by atoms with Crippen LogP contribution in [0.1, 0.15) is 0 Å². The molecular weight excluding hydrogens is 454 g/mol. The maximum Gasteiger partial charge on any atom is 0.422 e. The minimum absolute atomic E-state index is 0.126. The lowest BCUT2D eigenvalue weighted by molar-refractivity contribution is -0.154. The van der Waals surface area contributed by atoms with Crippen LogP contribution >= 0.6 is 0 Å². The number of hydrogen-bond donors (Lipinski definition) is 2. The number of hydrogen-bond acceptors (Lipinski definition) is 7. The lowest BCUT2D eigenvalue weighted by Gasteiger charge is -2.17. The average Bonchev–Trinajstić information content (AvgIpc) is 2.99. The molecule has 1 aliphatic rings. The van der Waals surface area contributed by atoms with Crippen LogP contribution < -0.4 is 14.8 Å². The molecule has 1 amide bonds. The van der Waals surface area contributed by atoms with Crippen LogP contribution in [0.4, 0.5) is 32.0 Å². The molecular formula is C18H18F6N2O6. The molecule has 8 nitrogen and oxygen atoms in total. The summed E-state index contributed by atoms with van der Waals surface area (Å²) in [5, 5.41) is 11.6. The normalized spacial score (nSPS) is 14.6. The van der Waals surface area contributed by atoms with Crippen LogP contribution in [-0.2, 0) is 14.3 Å². The highest BCUT2D eigenvalue weighted by atomic mass is 19.4. The maximum absolute atomic E-state index is 12.5. The van der Waals surface area contributed by atoms with E-state index in [1.807, 2.05) is 0 Å². The Hall–Kier alpha value is -3.16. The Balaban J connectivity index is 2.37. The smallest absolute Gasteiger partial charge is 0.422 e. The summed E-state index contributed by atoms with van der Waals surface area (Å²) in [5.74, 6) is -2.62. The number of aliphatic hydroxyl groups excluding tert-OH is 1. The molecule has 14 heteroatoms. The molecule has 0 fully saturated rings. The van der Waals surface area contributed by atoms with Crippen molar-refractivity contribution in [1.29, 1.82) is 0 Å². The van der Waals surface area contributed by atoms with Gasteiger partial charge in [0, 0.05) is 30.4 Å². The van der Waals surface area contributed by atoms with Crippen LogP contribution in [0.2, 0.25) is 0 Å². The molecule has 1 aromatic carbocycles. The fourth-order valence-corrected chi connectivity index (χ4v) is 2.63. The SMILES string of the molecule is COC(=O)C1=C(Nc2cc(OCC(F)(F)F)cc(OCC(F)(F)F)c2)C(=O)N(CCO)C1. The van der Waals surface area contributed by atoms with Gasteiger partial charge in [-0.25, -0.2) is 4.79 Å². The zero-order chi connectivity index (χ0) is 24.1. The highest BCUT2D eigenvalue weighted by Crippen LogP contribution is 2.31. The maximum atomic E-state index is 12.5. The summed E-state index contributed by atoms with van der Waals surface area (Å²) in [6, 6.07) is 2.78. The van der Waals surface area contributed by atoms with E-state index >= 15 is 0 Å². The summed E-state index contributed by atoms with van der Waals surface area (Å²) in [5.41, 5.74) is -0.650. The molecule has 2 rings (SSSR count). The van der Waals surface area contributed by atoms with Crippen LogP contribution in [0.25, 0.3) is 0 Å². The minimum Gasteiger partial charge on any atom is -0.484 e. The van der Waals surface area contributed by atoms with Crippen molar-refractivity contribution >= 4 is 17.6 Å². The molecule has 0 unspecified atom stereocenters. The second-order valence-corrected chi connectivity index (χ2v) is 6.42. The monoisotopic (exact) mass is 472 g/mol. The molecule has 178 valence electrons. The van der Waals surface area contributed by atoms with E-state index in [9.17, 15) is 35.9 Å². The fourth-order valence-electron chi connectivity index (χ4n) is 2.63. The molecule has 2 N–H and O–H groups in total.